The van der Waals surface area contributed by atoms with Crippen molar-refractivity contribution in [2.24, 2.45) is 17.3 Å². The van der Waals surface area contributed by atoms with Crippen molar-refractivity contribution in [3.8, 4) is 0 Å². The Hall–Kier alpha value is -0.393. The summed E-state index contributed by atoms with van der Waals surface area (Å²) in [5.74, 6) is 1.19. The molecule has 1 aromatic carbocycles. The molecule has 1 unspecified atom stereocenters. The predicted octanol–water partition coefficient (Wildman–Crippen LogP) is 5.42. The molecule has 1 aromatic rings. The third kappa shape index (κ3) is 6.30. The van der Waals surface area contributed by atoms with E-state index in [4.69, 9.17) is 16.0 Å². The molecule has 4 atom stereocenters. The van der Waals surface area contributed by atoms with Gasteiger partial charge in [0, 0.05) is 11.1 Å². The van der Waals surface area contributed by atoms with Crippen LogP contribution in [0.15, 0.2) is 24.3 Å². The minimum atomic E-state index is -0.754. The van der Waals surface area contributed by atoms with Crippen molar-refractivity contribution < 1.29 is 9.53 Å². The van der Waals surface area contributed by atoms with Gasteiger partial charge in [-0.05, 0) is 93.2 Å². The fraction of sp³-hybridized carbons (Fsp3) is 0.750. The van der Waals surface area contributed by atoms with Crippen molar-refractivity contribution in [1.29, 1.82) is 0 Å². The Kier molecular flexibility index (Phi) is 7.88. The summed E-state index contributed by atoms with van der Waals surface area (Å²) in [5, 5.41) is 11.7. The molecule has 1 N–H and O–H groups in total. The molecule has 2 aliphatic rings. The molecule has 1 heterocycles. The molecule has 5 heteroatoms. The maximum Gasteiger partial charge on any atom is 0.205 e. The third-order valence-corrected chi connectivity index (χ3v) is 7.71. The fourth-order valence-corrected chi connectivity index (χ4v) is 6.53. The zero-order chi connectivity index (χ0) is 21.2. The Morgan fingerprint density at radius 3 is 2.31 bits per heavy atom. The molecule has 29 heavy (non-hydrogen) atoms. The highest BCUT2D eigenvalue weighted by molar-refractivity contribution is 6.48. The molecule has 0 amide bonds. The summed E-state index contributed by atoms with van der Waals surface area (Å²) in [6.07, 6.45) is 5.55. The van der Waals surface area contributed by atoms with Gasteiger partial charge in [-0.25, -0.2) is 0 Å². The van der Waals surface area contributed by atoms with Crippen molar-refractivity contribution >= 4 is 20.6 Å². The van der Waals surface area contributed by atoms with Gasteiger partial charge in [0.25, 0.3) is 0 Å². The standard InChI is InChI=1S/C24H39ClNO2Si/c1-24(2,3)23(28-29(4)5)19-15-21(22(27)16-19)26-12-10-18(11-13-26)14-17-6-8-20(25)9-7-17/h6-9,18-19,21-23,27H,10-16H2,1-5H3/t19-,21-,22-,23?/m1/s1. The molecular formula is C24H39ClNO2Si. The first-order chi connectivity index (χ1) is 13.6. The van der Waals surface area contributed by atoms with Crippen LogP contribution in [-0.4, -0.2) is 50.4 Å². The molecule has 0 aromatic heterocycles. The average Bonchev–Trinajstić information content (AvgIpc) is 3.02. The van der Waals surface area contributed by atoms with Gasteiger partial charge in [0.15, 0.2) is 0 Å². The van der Waals surface area contributed by atoms with E-state index >= 15 is 0 Å². The largest absolute Gasteiger partial charge is 0.413 e. The number of likely N-dealkylation sites (tertiary alicyclic amines) is 1. The van der Waals surface area contributed by atoms with Gasteiger partial charge >= 0.3 is 0 Å². The number of nitrogens with zero attached hydrogens (tertiary/aromatic N) is 1. The molecule has 1 saturated heterocycles. The normalized spacial score (nSPS) is 28.2. The third-order valence-electron chi connectivity index (χ3n) is 6.73. The van der Waals surface area contributed by atoms with Gasteiger partial charge in [-0.1, -0.05) is 44.5 Å². The second kappa shape index (κ2) is 9.82. The highest BCUT2D eigenvalue weighted by Crippen LogP contribution is 2.41. The summed E-state index contributed by atoms with van der Waals surface area (Å²) in [6, 6.07) is 8.60. The zero-order valence-electron chi connectivity index (χ0n) is 18.8. The topological polar surface area (TPSA) is 32.7 Å². The van der Waals surface area contributed by atoms with E-state index in [0.717, 1.165) is 43.3 Å². The van der Waals surface area contributed by atoms with Gasteiger partial charge in [-0.2, -0.15) is 0 Å². The first-order valence-corrected chi connectivity index (χ1v) is 14.1. The summed E-state index contributed by atoms with van der Waals surface area (Å²) >= 11 is 6.01. The Morgan fingerprint density at radius 2 is 1.76 bits per heavy atom. The van der Waals surface area contributed by atoms with Crippen LogP contribution < -0.4 is 0 Å². The number of piperidine rings is 1. The van der Waals surface area contributed by atoms with Gasteiger partial charge < -0.3 is 9.53 Å². The first-order valence-electron chi connectivity index (χ1n) is 11.3. The summed E-state index contributed by atoms with van der Waals surface area (Å²) in [6.45, 7) is 13.5. The number of aliphatic hydroxyl groups is 1. The number of benzene rings is 1. The number of halogens is 1. The minimum Gasteiger partial charge on any atom is -0.413 e. The predicted molar refractivity (Wildman–Crippen MR) is 124 cm³/mol. The van der Waals surface area contributed by atoms with Crippen LogP contribution in [-0.2, 0) is 10.8 Å². The van der Waals surface area contributed by atoms with E-state index in [1.807, 2.05) is 12.1 Å². The Bertz CT molecular complexity index is 637. The van der Waals surface area contributed by atoms with E-state index in [1.165, 1.54) is 18.4 Å². The molecule has 1 aliphatic heterocycles. The minimum absolute atomic E-state index is 0.118. The van der Waals surface area contributed by atoms with E-state index in [1.54, 1.807) is 0 Å². The molecule has 3 nitrogen and oxygen atoms in total. The molecule has 3 rings (SSSR count). The SMILES string of the molecule is C[Si](C)OC([C@H]1C[C@@H](O)[C@H](N2CCC(Cc3ccc(Cl)cc3)CC2)C1)C(C)(C)C. The van der Waals surface area contributed by atoms with Crippen molar-refractivity contribution in [2.75, 3.05) is 13.1 Å². The quantitative estimate of drug-likeness (QED) is 0.604. The van der Waals surface area contributed by atoms with E-state index in [2.05, 4.69) is 50.9 Å². The lowest BCUT2D eigenvalue weighted by Crippen LogP contribution is -2.45. The van der Waals surface area contributed by atoms with Crippen LogP contribution >= 0.6 is 11.6 Å². The second-order valence-electron chi connectivity index (χ2n) is 10.5. The van der Waals surface area contributed by atoms with E-state index < -0.39 is 9.04 Å². The van der Waals surface area contributed by atoms with Gasteiger partial charge in [0.2, 0.25) is 9.04 Å². The molecular weight excluding hydrogens is 398 g/mol. The summed E-state index contributed by atoms with van der Waals surface area (Å²) in [7, 11) is -0.754. The van der Waals surface area contributed by atoms with Crippen LogP contribution in [0.3, 0.4) is 0 Å². The average molecular weight is 437 g/mol. The molecule has 1 saturated carbocycles. The maximum atomic E-state index is 10.9. The number of hydrogen-bond donors (Lipinski definition) is 1. The van der Waals surface area contributed by atoms with Crippen molar-refractivity contribution in [2.45, 2.75) is 84.2 Å². The van der Waals surface area contributed by atoms with Crippen LogP contribution in [0.25, 0.3) is 0 Å². The van der Waals surface area contributed by atoms with Crippen LogP contribution in [0.2, 0.25) is 18.1 Å². The number of hydrogen-bond acceptors (Lipinski definition) is 3. The first kappa shape index (κ1) is 23.3. The smallest absolute Gasteiger partial charge is 0.205 e. The molecule has 2 fully saturated rings. The monoisotopic (exact) mass is 436 g/mol. The maximum absolute atomic E-state index is 10.9. The van der Waals surface area contributed by atoms with Gasteiger partial charge in [-0.15, -0.1) is 0 Å². The van der Waals surface area contributed by atoms with Gasteiger partial charge in [0.05, 0.1) is 12.2 Å². The summed E-state index contributed by atoms with van der Waals surface area (Å²) < 4.78 is 6.44. The molecule has 0 bridgehead atoms. The van der Waals surface area contributed by atoms with E-state index in [-0.39, 0.29) is 17.6 Å². The highest BCUT2D eigenvalue weighted by Gasteiger charge is 2.44. The van der Waals surface area contributed by atoms with Crippen LogP contribution in [0.5, 0.6) is 0 Å². The van der Waals surface area contributed by atoms with Gasteiger partial charge in [0.1, 0.15) is 0 Å². The molecule has 0 spiro atoms. The van der Waals surface area contributed by atoms with Crippen LogP contribution in [0.4, 0.5) is 0 Å². The van der Waals surface area contributed by atoms with Crippen molar-refractivity contribution in [3.05, 3.63) is 34.9 Å². The number of aliphatic hydroxyl groups excluding tert-OH is 1. The van der Waals surface area contributed by atoms with Crippen LogP contribution in [0.1, 0.15) is 52.0 Å². The zero-order valence-corrected chi connectivity index (χ0v) is 20.6. The van der Waals surface area contributed by atoms with E-state index in [9.17, 15) is 5.11 Å². The fourth-order valence-electron chi connectivity index (χ4n) is 5.35. The number of rotatable bonds is 6. The summed E-state index contributed by atoms with van der Waals surface area (Å²) in [4.78, 5) is 2.56. The van der Waals surface area contributed by atoms with E-state index in [0.29, 0.717) is 12.0 Å². The van der Waals surface area contributed by atoms with Crippen molar-refractivity contribution in [3.63, 3.8) is 0 Å². The second-order valence-corrected chi connectivity index (χ2v) is 13.0. The van der Waals surface area contributed by atoms with Crippen molar-refractivity contribution in [1.82, 2.24) is 4.90 Å². The Morgan fingerprint density at radius 1 is 1.14 bits per heavy atom. The molecule has 1 aliphatic carbocycles. The molecule has 1 radical (unpaired) electrons. The lowest BCUT2D eigenvalue weighted by Gasteiger charge is -2.39. The summed E-state index contributed by atoms with van der Waals surface area (Å²) in [5.41, 5.74) is 1.50. The Balaban J connectivity index is 1.54. The van der Waals surface area contributed by atoms with Gasteiger partial charge in [-0.3, -0.25) is 4.90 Å². The Labute approximate surface area is 184 Å². The lowest BCUT2D eigenvalue weighted by atomic mass is 9.80. The highest BCUT2D eigenvalue weighted by atomic mass is 35.5. The lowest BCUT2D eigenvalue weighted by molar-refractivity contribution is 0.0294. The van der Waals surface area contributed by atoms with Crippen LogP contribution in [0, 0.1) is 17.3 Å². The molecule has 163 valence electrons.